The van der Waals surface area contributed by atoms with Crippen molar-refractivity contribution in [3.8, 4) is 11.5 Å². The standard InChI is InChI=1S/C23H27N5O3/c1-2-27-12-14-28(15-13-27)23-25-20(16-21(29)26-23)22(30)24-17-8-10-19(11-9-17)31-18-6-4-3-5-7-18/h3-11,20H,2,12-16H2,1H3,(H,24,30)(H,25,26,29)/p+1/t20-/m0/s1. The van der Waals surface area contributed by atoms with Crippen LogP contribution in [0.3, 0.4) is 0 Å². The Kier molecular flexibility index (Phi) is 6.47. The first kappa shape index (κ1) is 20.9. The number of ether oxygens (including phenoxy) is 1. The summed E-state index contributed by atoms with van der Waals surface area (Å²) in [5.74, 6) is 1.47. The van der Waals surface area contributed by atoms with Crippen LogP contribution in [0.2, 0.25) is 0 Å². The van der Waals surface area contributed by atoms with Gasteiger partial charge in [0.2, 0.25) is 17.8 Å². The molecule has 0 unspecified atom stereocenters. The van der Waals surface area contributed by atoms with Gasteiger partial charge in [0.15, 0.2) is 0 Å². The number of amides is 2. The second kappa shape index (κ2) is 9.61. The molecule has 1 fully saturated rings. The van der Waals surface area contributed by atoms with Crippen LogP contribution in [0.1, 0.15) is 13.3 Å². The summed E-state index contributed by atoms with van der Waals surface area (Å²) in [5, 5.41) is 5.69. The summed E-state index contributed by atoms with van der Waals surface area (Å²) < 4.78 is 5.77. The third kappa shape index (κ3) is 5.40. The first-order chi connectivity index (χ1) is 15.1. The quantitative estimate of drug-likeness (QED) is 0.668. The molecule has 2 aliphatic rings. The molecule has 0 aliphatic carbocycles. The highest BCUT2D eigenvalue weighted by atomic mass is 16.5. The molecule has 8 nitrogen and oxygen atoms in total. The van der Waals surface area contributed by atoms with Crippen molar-refractivity contribution < 1.29 is 19.2 Å². The van der Waals surface area contributed by atoms with Gasteiger partial charge in [0.05, 0.1) is 39.1 Å². The molecule has 1 saturated heterocycles. The van der Waals surface area contributed by atoms with E-state index in [-0.39, 0.29) is 18.2 Å². The molecular weight excluding hydrogens is 394 g/mol. The van der Waals surface area contributed by atoms with Crippen molar-refractivity contribution in [1.29, 1.82) is 0 Å². The van der Waals surface area contributed by atoms with E-state index in [4.69, 9.17) is 4.74 Å². The van der Waals surface area contributed by atoms with Crippen LogP contribution in [0, 0.1) is 0 Å². The summed E-state index contributed by atoms with van der Waals surface area (Å²) >= 11 is 0. The van der Waals surface area contributed by atoms with Gasteiger partial charge in [-0.15, -0.1) is 0 Å². The molecule has 1 atom stereocenters. The van der Waals surface area contributed by atoms with Crippen molar-refractivity contribution in [3.05, 3.63) is 54.6 Å². The van der Waals surface area contributed by atoms with Crippen LogP contribution in [0.4, 0.5) is 5.69 Å². The predicted octanol–water partition coefficient (Wildman–Crippen LogP) is 0.882. The first-order valence-corrected chi connectivity index (χ1v) is 10.7. The Labute approximate surface area is 181 Å². The summed E-state index contributed by atoms with van der Waals surface area (Å²) in [6, 6.07) is 15.9. The summed E-state index contributed by atoms with van der Waals surface area (Å²) in [4.78, 5) is 33.1. The normalized spacial score (nSPS) is 19.4. The number of para-hydroxylation sites is 1. The third-order valence-electron chi connectivity index (χ3n) is 5.58. The maximum Gasteiger partial charge on any atom is 0.249 e. The number of benzene rings is 2. The lowest BCUT2D eigenvalue weighted by Gasteiger charge is -2.35. The van der Waals surface area contributed by atoms with Crippen molar-refractivity contribution in [2.45, 2.75) is 19.4 Å². The average Bonchev–Trinajstić information content (AvgIpc) is 2.80. The van der Waals surface area contributed by atoms with Gasteiger partial charge in [-0.1, -0.05) is 18.2 Å². The number of aliphatic imine (C=N–C) groups is 1. The Hall–Kier alpha value is -3.39. The molecule has 8 heteroatoms. The second-order valence-electron chi connectivity index (χ2n) is 7.74. The zero-order valence-electron chi connectivity index (χ0n) is 17.6. The fourth-order valence-electron chi connectivity index (χ4n) is 3.73. The SMILES string of the molecule is CC[NH+]1CCN(C2=N[C@H](C(=O)Nc3ccc(Oc4ccccc4)cc3)CC(=O)N2)CC1. The first-order valence-electron chi connectivity index (χ1n) is 10.7. The van der Waals surface area contributed by atoms with Crippen LogP contribution in [-0.4, -0.2) is 61.4 Å². The van der Waals surface area contributed by atoms with Crippen LogP contribution in [0.5, 0.6) is 11.5 Å². The monoisotopic (exact) mass is 422 g/mol. The number of rotatable bonds is 5. The number of piperazine rings is 1. The fourth-order valence-corrected chi connectivity index (χ4v) is 3.73. The fraction of sp³-hybridized carbons (Fsp3) is 0.348. The number of guanidine groups is 1. The number of hydrogen-bond donors (Lipinski definition) is 3. The molecule has 4 rings (SSSR count). The summed E-state index contributed by atoms with van der Waals surface area (Å²) in [7, 11) is 0. The Bertz CT molecular complexity index is 937. The number of anilines is 1. The van der Waals surface area contributed by atoms with E-state index in [1.165, 1.54) is 4.90 Å². The van der Waals surface area contributed by atoms with Gasteiger partial charge in [-0.05, 0) is 43.3 Å². The summed E-state index contributed by atoms with van der Waals surface area (Å²) in [6.45, 7) is 6.90. The topological polar surface area (TPSA) is 87.5 Å². The van der Waals surface area contributed by atoms with Crippen LogP contribution < -0.4 is 20.3 Å². The minimum Gasteiger partial charge on any atom is -0.457 e. The van der Waals surface area contributed by atoms with E-state index in [1.807, 2.05) is 30.3 Å². The number of quaternary nitrogens is 1. The highest BCUT2D eigenvalue weighted by molar-refractivity contribution is 6.05. The van der Waals surface area contributed by atoms with E-state index >= 15 is 0 Å². The smallest absolute Gasteiger partial charge is 0.249 e. The molecule has 0 bridgehead atoms. The zero-order valence-corrected chi connectivity index (χ0v) is 17.6. The molecule has 3 N–H and O–H groups in total. The van der Waals surface area contributed by atoms with Crippen molar-refractivity contribution in [1.82, 2.24) is 10.2 Å². The van der Waals surface area contributed by atoms with Crippen molar-refractivity contribution in [2.75, 3.05) is 38.0 Å². The molecule has 2 aromatic carbocycles. The molecule has 31 heavy (non-hydrogen) atoms. The van der Waals surface area contributed by atoms with Crippen molar-refractivity contribution in [3.63, 3.8) is 0 Å². The summed E-state index contributed by atoms with van der Waals surface area (Å²) in [6.07, 6.45) is 0.0463. The second-order valence-corrected chi connectivity index (χ2v) is 7.74. The highest BCUT2D eigenvalue weighted by Crippen LogP contribution is 2.23. The minimum absolute atomic E-state index is 0.0463. The van der Waals surface area contributed by atoms with Gasteiger partial charge in [-0.2, -0.15) is 0 Å². The lowest BCUT2D eigenvalue weighted by Crippen LogP contribution is -3.14. The molecule has 0 aromatic heterocycles. The Morgan fingerprint density at radius 3 is 2.48 bits per heavy atom. The van der Waals surface area contributed by atoms with E-state index < -0.39 is 6.04 Å². The van der Waals surface area contributed by atoms with Crippen molar-refractivity contribution in [2.24, 2.45) is 4.99 Å². The number of hydrogen-bond acceptors (Lipinski definition) is 5. The number of nitrogens with zero attached hydrogens (tertiary/aromatic N) is 2. The number of carbonyl (C=O) groups is 2. The molecule has 162 valence electrons. The molecule has 0 spiro atoms. The van der Waals surface area contributed by atoms with Gasteiger partial charge in [-0.3, -0.25) is 14.9 Å². The van der Waals surface area contributed by atoms with Crippen LogP contribution in [0.15, 0.2) is 59.6 Å². The van der Waals surface area contributed by atoms with Crippen molar-refractivity contribution >= 4 is 23.5 Å². The Balaban J connectivity index is 1.37. The minimum atomic E-state index is -0.736. The van der Waals surface area contributed by atoms with Gasteiger partial charge in [0, 0.05) is 5.69 Å². The van der Waals surface area contributed by atoms with Crippen LogP contribution in [0.25, 0.3) is 0 Å². The molecule has 2 amide bonds. The molecule has 2 heterocycles. The van der Waals surface area contributed by atoms with Gasteiger partial charge in [0.1, 0.15) is 17.5 Å². The maximum atomic E-state index is 12.8. The maximum absolute atomic E-state index is 12.8. The van der Waals surface area contributed by atoms with Gasteiger partial charge >= 0.3 is 0 Å². The molecule has 0 saturated carbocycles. The Morgan fingerprint density at radius 2 is 1.81 bits per heavy atom. The van der Waals surface area contributed by atoms with E-state index in [0.29, 0.717) is 17.4 Å². The zero-order chi connectivity index (χ0) is 21.6. The van der Waals surface area contributed by atoms with Crippen LogP contribution >= 0.6 is 0 Å². The molecule has 0 radical (unpaired) electrons. The lowest BCUT2D eigenvalue weighted by molar-refractivity contribution is -0.902. The van der Waals surface area contributed by atoms with E-state index in [9.17, 15) is 9.59 Å². The number of carbonyl (C=O) groups excluding carboxylic acids is 2. The summed E-state index contributed by atoms with van der Waals surface area (Å²) in [5.41, 5.74) is 0.633. The lowest BCUT2D eigenvalue weighted by atomic mass is 10.1. The number of nitrogens with one attached hydrogen (secondary N) is 3. The van der Waals surface area contributed by atoms with Gasteiger partial charge in [0.25, 0.3) is 0 Å². The predicted molar refractivity (Wildman–Crippen MR) is 118 cm³/mol. The van der Waals surface area contributed by atoms with Crippen LogP contribution in [-0.2, 0) is 9.59 Å². The van der Waals surface area contributed by atoms with Gasteiger partial charge < -0.3 is 19.9 Å². The highest BCUT2D eigenvalue weighted by Gasteiger charge is 2.31. The number of likely N-dealkylation sites (N-methyl/N-ethyl adjacent to an activating group) is 1. The molecular formula is C23H28N5O3+. The molecule has 2 aromatic rings. The average molecular weight is 423 g/mol. The molecule has 2 aliphatic heterocycles. The van der Waals surface area contributed by atoms with E-state index in [0.717, 1.165) is 38.5 Å². The van der Waals surface area contributed by atoms with E-state index in [2.05, 4.69) is 27.4 Å². The Morgan fingerprint density at radius 1 is 1.13 bits per heavy atom. The van der Waals surface area contributed by atoms with Gasteiger partial charge in [-0.25, -0.2) is 4.99 Å². The van der Waals surface area contributed by atoms with E-state index in [1.54, 1.807) is 24.3 Å². The largest absolute Gasteiger partial charge is 0.457 e. The third-order valence-corrected chi connectivity index (χ3v) is 5.58.